The summed E-state index contributed by atoms with van der Waals surface area (Å²) in [6, 6.07) is 9.74. The number of hydrogen-bond acceptors (Lipinski definition) is 5. The first-order valence-electron chi connectivity index (χ1n) is 10.4. The summed E-state index contributed by atoms with van der Waals surface area (Å²) in [5.74, 6) is -0.215. The van der Waals surface area contributed by atoms with E-state index in [9.17, 15) is 18.8 Å². The lowest BCUT2D eigenvalue weighted by Crippen LogP contribution is -2.45. The van der Waals surface area contributed by atoms with Crippen molar-refractivity contribution in [2.24, 2.45) is 0 Å². The average Bonchev–Trinajstić information content (AvgIpc) is 3.04. The van der Waals surface area contributed by atoms with Crippen LogP contribution in [0.4, 0.5) is 9.18 Å². The van der Waals surface area contributed by atoms with Crippen molar-refractivity contribution >= 4 is 17.8 Å². The Kier molecular flexibility index (Phi) is 5.73. The summed E-state index contributed by atoms with van der Waals surface area (Å²) in [7, 11) is 0. The fourth-order valence-corrected chi connectivity index (χ4v) is 3.99. The standard InChI is InChI=1S/C23H24FN3O5/c1-3-23(16-5-7-17(24)8-6-16)21(29)27(22(30)26-23)13-20(28)25-14(2)15-4-9-18-19(12-15)32-11-10-31-18/h4-9,12,14H,3,10-11,13H2,1-2H3,(H,25,28)(H,26,30)/t14-,23+/m1/s1. The van der Waals surface area contributed by atoms with Crippen LogP contribution in [0.5, 0.6) is 11.5 Å². The van der Waals surface area contributed by atoms with Crippen LogP contribution < -0.4 is 20.1 Å². The summed E-state index contributed by atoms with van der Waals surface area (Å²) < 4.78 is 24.4. The molecule has 2 heterocycles. The SMILES string of the molecule is CC[C@@]1(c2ccc(F)cc2)NC(=O)N(CC(=O)N[C@H](C)c2ccc3c(c2)OCCO3)C1=O. The zero-order chi connectivity index (χ0) is 22.9. The molecule has 2 aliphatic rings. The third kappa shape index (κ3) is 3.86. The number of benzene rings is 2. The van der Waals surface area contributed by atoms with E-state index in [1.165, 1.54) is 24.3 Å². The molecule has 0 saturated carbocycles. The molecular weight excluding hydrogens is 417 g/mol. The maximum Gasteiger partial charge on any atom is 0.325 e. The molecular formula is C23H24FN3O5. The fraction of sp³-hybridized carbons (Fsp3) is 0.348. The van der Waals surface area contributed by atoms with Gasteiger partial charge in [-0.15, -0.1) is 0 Å². The second kappa shape index (κ2) is 8.49. The molecule has 0 bridgehead atoms. The molecule has 2 aliphatic heterocycles. The minimum absolute atomic E-state index is 0.259. The van der Waals surface area contributed by atoms with Crippen LogP contribution in [-0.2, 0) is 15.1 Å². The molecule has 32 heavy (non-hydrogen) atoms. The number of carbonyl (C=O) groups is 3. The Morgan fingerprint density at radius 3 is 2.53 bits per heavy atom. The second-order valence-electron chi connectivity index (χ2n) is 7.78. The Morgan fingerprint density at radius 1 is 1.16 bits per heavy atom. The highest BCUT2D eigenvalue weighted by atomic mass is 19.1. The van der Waals surface area contributed by atoms with E-state index in [1.54, 1.807) is 26.0 Å². The summed E-state index contributed by atoms with van der Waals surface area (Å²) >= 11 is 0. The largest absolute Gasteiger partial charge is 0.486 e. The Balaban J connectivity index is 1.45. The maximum atomic E-state index is 13.3. The Labute approximate surface area is 184 Å². The van der Waals surface area contributed by atoms with Crippen molar-refractivity contribution in [3.63, 3.8) is 0 Å². The molecule has 0 spiro atoms. The van der Waals surface area contributed by atoms with Gasteiger partial charge in [0.15, 0.2) is 11.5 Å². The van der Waals surface area contributed by atoms with Gasteiger partial charge in [-0.2, -0.15) is 0 Å². The van der Waals surface area contributed by atoms with E-state index in [1.807, 2.05) is 6.07 Å². The number of fused-ring (bicyclic) bond motifs is 1. The number of halogens is 1. The van der Waals surface area contributed by atoms with Crippen molar-refractivity contribution in [3.05, 3.63) is 59.4 Å². The van der Waals surface area contributed by atoms with Crippen LogP contribution in [0, 0.1) is 5.82 Å². The lowest BCUT2D eigenvalue weighted by Gasteiger charge is -2.26. The lowest BCUT2D eigenvalue weighted by molar-refractivity contribution is -0.135. The predicted molar refractivity (Wildman–Crippen MR) is 113 cm³/mol. The Bertz CT molecular complexity index is 1060. The van der Waals surface area contributed by atoms with Gasteiger partial charge in [0.2, 0.25) is 5.91 Å². The van der Waals surface area contributed by atoms with E-state index in [-0.39, 0.29) is 12.5 Å². The van der Waals surface area contributed by atoms with Crippen molar-refractivity contribution in [2.75, 3.05) is 19.8 Å². The molecule has 2 aromatic rings. The first kappa shape index (κ1) is 21.6. The molecule has 0 aromatic heterocycles. The van der Waals surface area contributed by atoms with Gasteiger partial charge in [0.25, 0.3) is 5.91 Å². The highest BCUT2D eigenvalue weighted by Gasteiger charge is 2.51. The summed E-state index contributed by atoms with van der Waals surface area (Å²) in [6.07, 6.45) is 0.259. The Morgan fingerprint density at radius 2 is 1.84 bits per heavy atom. The molecule has 0 unspecified atom stereocenters. The van der Waals surface area contributed by atoms with E-state index in [0.717, 1.165) is 10.5 Å². The van der Waals surface area contributed by atoms with Crippen LogP contribution in [0.25, 0.3) is 0 Å². The zero-order valence-electron chi connectivity index (χ0n) is 17.8. The van der Waals surface area contributed by atoms with E-state index in [0.29, 0.717) is 30.3 Å². The topological polar surface area (TPSA) is 97.0 Å². The molecule has 0 aliphatic carbocycles. The highest BCUT2D eigenvalue weighted by Crippen LogP contribution is 2.34. The van der Waals surface area contributed by atoms with Crippen molar-refractivity contribution < 1.29 is 28.2 Å². The van der Waals surface area contributed by atoms with E-state index in [2.05, 4.69) is 10.6 Å². The number of urea groups is 1. The molecule has 2 aromatic carbocycles. The molecule has 9 heteroatoms. The van der Waals surface area contributed by atoms with Gasteiger partial charge in [-0.25, -0.2) is 9.18 Å². The molecule has 1 fully saturated rings. The fourth-order valence-electron chi connectivity index (χ4n) is 3.99. The lowest BCUT2D eigenvalue weighted by atomic mass is 9.87. The minimum Gasteiger partial charge on any atom is -0.486 e. The maximum absolute atomic E-state index is 13.3. The molecule has 2 atom stereocenters. The summed E-state index contributed by atoms with van der Waals surface area (Å²) in [5.41, 5.74) is -0.0618. The van der Waals surface area contributed by atoms with Crippen molar-refractivity contribution in [2.45, 2.75) is 31.8 Å². The second-order valence-corrected chi connectivity index (χ2v) is 7.78. The monoisotopic (exact) mass is 441 g/mol. The number of ether oxygens (including phenoxy) is 2. The molecule has 2 N–H and O–H groups in total. The quantitative estimate of drug-likeness (QED) is 0.672. The third-order valence-electron chi connectivity index (χ3n) is 5.79. The number of amides is 4. The van der Waals surface area contributed by atoms with Gasteiger partial charge in [0, 0.05) is 0 Å². The van der Waals surface area contributed by atoms with Crippen LogP contribution in [-0.4, -0.2) is 42.5 Å². The number of rotatable bonds is 6. The van der Waals surface area contributed by atoms with Crippen LogP contribution in [0.1, 0.15) is 37.4 Å². The summed E-state index contributed by atoms with van der Waals surface area (Å²) in [5, 5.41) is 5.49. The third-order valence-corrected chi connectivity index (χ3v) is 5.79. The van der Waals surface area contributed by atoms with Gasteiger partial charge in [0.05, 0.1) is 6.04 Å². The average molecular weight is 441 g/mol. The number of carbonyl (C=O) groups excluding carboxylic acids is 3. The van der Waals surface area contributed by atoms with Gasteiger partial charge in [-0.1, -0.05) is 25.1 Å². The summed E-state index contributed by atoms with van der Waals surface area (Å²) in [4.78, 5) is 39.2. The van der Waals surface area contributed by atoms with Gasteiger partial charge >= 0.3 is 6.03 Å². The van der Waals surface area contributed by atoms with Gasteiger partial charge in [0.1, 0.15) is 31.1 Å². The smallest absolute Gasteiger partial charge is 0.325 e. The summed E-state index contributed by atoms with van der Waals surface area (Å²) in [6.45, 7) is 4.06. The number of nitrogens with one attached hydrogen (secondary N) is 2. The molecule has 0 radical (unpaired) electrons. The van der Waals surface area contributed by atoms with Crippen LogP contribution in [0.15, 0.2) is 42.5 Å². The zero-order valence-corrected chi connectivity index (χ0v) is 17.8. The van der Waals surface area contributed by atoms with E-state index < -0.39 is 35.7 Å². The normalized spacial score (nSPS) is 20.7. The predicted octanol–water partition coefficient (Wildman–Crippen LogP) is 2.63. The van der Waals surface area contributed by atoms with Crippen LogP contribution >= 0.6 is 0 Å². The molecule has 4 rings (SSSR count). The van der Waals surface area contributed by atoms with E-state index >= 15 is 0 Å². The molecule has 8 nitrogen and oxygen atoms in total. The molecule has 1 saturated heterocycles. The minimum atomic E-state index is -1.33. The first-order chi connectivity index (χ1) is 15.3. The van der Waals surface area contributed by atoms with Crippen LogP contribution in [0.3, 0.4) is 0 Å². The van der Waals surface area contributed by atoms with E-state index in [4.69, 9.17) is 9.47 Å². The van der Waals surface area contributed by atoms with Gasteiger partial charge < -0.3 is 20.1 Å². The highest BCUT2D eigenvalue weighted by molar-refractivity contribution is 6.09. The first-order valence-corrected chi connectivity index (χ1v) is 10.4. The van der Waals surface area contributed by atoms with Crippen molar-refractivity contribution in [1.29, 1.82) is 0 Å². The van der Waals surface area contributed by atoms with Gasteiger partial charge in [-0.05, 0) is 48.7 Å². The number of hydrogen-bond donors (Lipinski definition) is 2. The van der Waals surface area contributed by atoms with Crippen molar-refractivity contribution in [1.82, 2.24) is 15.5 Å². The number of nitrogens with zero attached hydrogens (tertiary/aromatic N) is 1. The van der Waals surface area contributed by atoms with Gasteiger partial charge in [-0.3, -0.25) is 14.5 Å². The number of imide groups is 1. The Hall–Kier alpha value is -3.62. The van der Waals surface area contributed by atoms with Crippen LogP contribution in [0.2, 0.25) is 0 Å². The molecule has 168 valence electrons. The molecule has 4 amide bonds. The van der Waals surface area contributed by atoms with Crippen molar-refractivity contribution in [3.8, 4) is 11.5 Å².